The number of hydrogen-bond acceptors (Lipinski definition) is 9. The Morgan fingerprint density at radius 1 is 0.112 bits per heavy atom. The molecule has 17 aromatic carbocycles. The molecule has 0 unspecified atom stereocenters. The van der Waals surface area contributed by atoms with E-state index in [0.29, 0.717) is 52.9 Å². The van der Waals surface area contributed by atoms with Gasteiger partial charge in [-0.05, 0) is 107 Å². The second-order valence-electron chi connectivity index (χ2n) is 30.8. The summed E-state index contributed by atoms with van der Waals surface area (Å²) in [6, 6.07) is 151. The van der Waals surface area contributed by atoms with Crippen molar-refractivity contribution in [1.29, 1.82) is 0 Å². The lowest BCUT2D eigenvalue weighted by Crippen LogP contribution is -2.13. The summed E-state index contributed by atoms with van der Waals surface area (Å²) >= 11 is 0. The zero-order valence-corrected chi connectivity index (χ0v) is 67.3. The summed E-state index contributed by atoms with van der Waals surface area (Å²) in [5, 5.41) is 11.8. The predicted octanol–water partition coefficient (Wildman–Crippen LogP) is 26.8. The van der Waals surface area contributed by atoms with Gasteiger partial charge in [-0.25, -0.2) is 19.9 Å². The van der Waals surface area contributed by atoms with E-state index in [2.05, 4.69) is 387 Å². The van der Waals surface area contributed by atoms with Gasteiger partial charge in [-0.15, -0.1) is 0 Å². The molecule has 0 aliphatic rings. The first-order valence-electron chi connectivity index (χ1n) is 41.8. The van der Waals surface area contributed by atoms with Crippen LogP contribution in [0.3, 0.4) is 0 Å². The van der Waals surface area contributed by atoms with Gasteiger partial charge in [0.1, 0.15) is 0 Å². The van der Waals surface area contributed by atoms with Crippen molar-refractivity contribution in [3.05, 3.63) is 437 Å². The standard InChI is InChI=1S/C39H24N6.C39H26N4.C33H22N4/c1-7-19-31-25(13-1)26-14-2-8-20-32(26)43(31)37-40-38(44-33-21-9-3-15-27(33)28-16-4-10-22-34(28)44)42-39(41-37)45-35-23-11-5-17-29(35)30-18-6-12-24-36(30)45;1-3-11-27(12-4-1)29-19-23-31(24-20-29)37-40-38(32-25-21-30(22-26-32)28-13-5-2-6-14-28)42-39(41-37)43-35-17-9-7-15-33(35)34-16-8-10-18-36(34)43;1-3-11-23(12-4-1)31-34-32(24-13-5-2-6-14-24)36-33(35-31)25-19-21-26(22-20-25)37-29-17-9-7-15-27(29)28-16-8-10-18-30(28)37/h1-24H;1-26H;1-22H. The highest BCUT2D eigenvalue weighted by Gasteiger charge is 2.25. The van der Waals surface area contributed by atoms with E-state index < -0.39 is 0 Å². The van der Waals surface area contributed by atoms with Gasteiger partial charge in [0.15, 0.2) is 29.1 Å². The zero-order valence-electron chi connectivity index (χ0n) is 67.3. The molecule has 8 heterocycles. The van der Waals surface area contributed by atoms with Gasteiger partial charge in [-0.2, -0.15) is 24.9 Å². The van der Waals surface area contributed by atoms with Crippen molar-refractivity contribution in [2.24, 2.45) is 0 Å². The number of para-hydroxylation sites is 10. The van der Waals surface area contributed by atoms with E-state index in [0.717, 1.165) is 121 Å². The molecule has 14 heteroatoms. The monoisotopic (exact) mass is 1600 g/mol. The van der Waals surface area contributed by atoms with E-state index in [4.69, 9.17) is 44.9 Å². The number of hydrogen-bond donors (Lipinski definition) is 0. The molecule has 0 aliphatic heterocycles. The van der Waals surface area contributed by atoms with Crippen molar-refractivity contribution in [2.45, 2.75) is 0 Å². The Morgan fingerprint density at radius 2 is 0.264 bits per heavy atom. The Bertz CT molecular complexity index is 7650. The van der Waals surface area contributed by atoms with Crippen LogP contribution in [0.5, 0.6) is 0 Å². The lowest BCUT2D eigenvalue weighted by atomic mass is 10.0. The molecule has 0 fully saturated rings. The second kappa shape index (κ2) is 31.2. The van der Waals surface area contributed by atoms with Gasteiger partial charge in [-0.3, -0.25) is 18.3 Å². The van der Waals surface area contributed by atoms with Crippen LogP contribution >= 0.6 is 0 Å². The second-order valence-corrected chi connectivity index (χ2v) is 30.8. The molecule has 0 N–H and O–H groups in total. The maximum atomic E-state index is 5.28. The summed E-state index contributed by atoms with van der Waals surface area (Å²) in [6.45, 7) is 0. The van der Waals surface area contributed by atoms with Crippen molar-refractivity contribution in [3.63, 3.8) is 0 Å². The molecule has 25 rings (SSSR count). The first-order valence-corrected chi connectivity index (χ1v) is 41.8. The fourth-order valence-corrected chi connectivity index (χ4v) is 17.7. The average molecular weight is 1600 g/mol. The maximum Gasteiger partial charge on any atom is 0.241 e. The smallest absolute Gasteiger partial charge is 0.241 e. The molecular formula is C111H72N14. The SMILES string of the molecule is c1ccc(-c2ccc(-c3nc(-c4ccc(-c5ccccc5)cc4)nc(-n4c5ccccc5c5ccccc54)n3)cc2)cc1.c1ccc(-c2nc(-c3ccccc3)nc(-c3ccc(-n4c5ccccc5c5ccccc54)cc3)n2)cc1.c1ccc2c(c1)c1ccccc1n2-c1nc(-n2c3ccccc3c3ccccc32)nc(-n2c3ccccc3c3ccccc32)n1. The van der Waals surface area contributed by atoms with Gasteiger partial charge in [0.05, 0.1) is 55.2 Å². The fraction of sp³-hybridized carbons (Fsp3) is 0. The number of fused-ring (bicyclic) bond motifs is 15. The zero-order chi connectivity index (χ0) is 82.7. The Hall–Kier alpha value is -17.2. The molecule has 125 heavy (non-hydrogen) atoms. The van der Waals surface area contributed by atoms with E-state index in [9.17, 15) is 0 Å². The average Bonchev–Trinajstić information content (AvgIpc) is 1.61. The molecule has 586 valence electrons. The topological polar surface area (TPSA) is 141 Å². The summed E-state index contributed by atoms with van der Waals surface area (Å²) in [5.41, 5.74) is 21.3. The fourth-order valence-electron chi connectivity index (χ4n) is 17.7. The predicted molar refractivity (Wildman–Crippen MR) is 509 cm³/mol. The Kier molecular flexibility index (Phi) is 18.2. The molecule has 0 bridgehead atoms. The van der Waals surface area contributed by atoms with E-state index in [1.165, 1.54) is 43.7 Å². The summed E-state index contributed by atoms with van der Waals surface area (Å²) in [5.74, 6) is 5.54. The minimum atomic E-state index is 0.566. The lowest BCUT2D eigenvalue weighted by molar-refractivity contribution is 0.848. The number of benzene rings is 17. The van der Waals surface area contributed by atoms with Crippen LogP contribution in [0.1, 0.15) is 0 Å². The quantitative estimate of drug-likeness (QED) is 0.117. The van der Waals surface area contributed by atoms with Crippen molar-refractivity contribution >= 4 is 109 Å². The molecule has 0 saturated carbocycles. The first-order chi connectivity index (χ1) is 62.0. The number of nitrogens with zero attached hydrogens (tertiary/aromatic N) is 14. The van der Waals surface area contributed by atoms with E-state index in [-0.39, 0.29) is 0 Å². The molecule has 0 radical (unpaired) electrons. The maximum absolute atomic E-state index is 5.28. The minimum Gasteiger partial charge on any atom is -0.309 e. The molecule has 0 spiro atoms. The van der Waals surface area contributed by atoms with Crippen LogP contribution in [0.4, 0.5) is 0 Å². The Labute approximate surface area is 717 Å². The number of rotatable bonds is 12. The van der Waals surface area contributed by atoms with E-state index in [1.54, 1.807) is 0 Å². The highest BCUT2D eigenvalue weighted by atomic mass is 15.3. The molecular weight excluding hydrogens is 1530 g/mol. The summed E-state index contributed by atoms with van der Waals surface area (Å²) in [6.07, 6.45) is 0. The molecule has 14 nitrogen and oxygen atoms in total. The van der Waals surface area contributed by atoms with Crippen LogP contribution in [-0.4, -0.2) is 67.7 Å². The van der Waals surface area contributed by atoms with Crippen LogP contribution in [0.2, 0.25) is 0 Å². The van der Waals surface area contributed by atoms with Crippen LogP contribution in [0, 0.1) is 0 Å². The summed E-state index contributed by atoms with van der Waals surface area (Å²) in [7, 11) is 0. The third kappa shape index (κ3) is 13.1. The van der Waals surface area contributed by atoms with Crippen LogP contribution in [-0.2, 0) is 0 Å². The van der Waals surface area contributed by atoms with Gasteiger partial charge < -0.3 is 4.57 Å². The van der Waals surface area contributed by atoms with Crippen LogP contribution < -0.4 is 0 Å². The van der Waals surface area contributed by atoms with Crippen molar-refractivity contribution in [1.82, 2.24) is 67.7 Å². The summed E-state index contributed by atoms with van der Waals surface area (Å²) < 4.78 is 11.0. The number of aromatic nitrogens is 14. The molecule has 0 aliphatic carbocycles. The molecule has 8 aromatic heterocycles. The highest BCUT2D eigenvalue weighted by Crippen LogP contribution is 2.40. The first kappa shape index (κ1) is 73.0. The van der Waals surface area contributed by atoms with Crippen LogP contribution in [0.25, 0.3) is 218 Å². The van der Waals surface area contributed by atoms with Crippen molar-refractivity contribution in [3.8, 4) is 109 Å². The third-order valence-electron chi connectivity index (χ3n) is 23.5. The van der Waals surface area contributed by atoms with Gasteiger partial charge in [0, 0.05) is 87.4 Å². The Morgan fingerprint density at radius 3 is 0.496 bits per heavy atom. The molecule has 0 saturated heterocycles. The van der Waals surface area contributed by atoms with Crippen molar-refractivity contribution in [2.75, 3.05) is 0 Å². The highest BCUT2D eigenvalue weighted by molar-refractivity contribution is 6.13. The molecule has 25 aromatic rings. The van der Waals surface area contributed by atoms with Crippen molar-refractivity contribution < 1.29 is 0 Å². The van der Waals surface area contributed by atoms with Gasteiger partial charge in [0.2, 0.25) is 23.8 Å². The third-order valence-corrected chi connectivity index (χ3v) is 23.5. The molecule has 0 amide bonds. The molecule has 0 atom stereocenters. The normalized spacial score (nSPS) is 11.5. The van der Waals surface area contributed by atoms with E-state index >= 15 is 0 Å². The van der Waals surface area contributed by atoms with Gasteiger partial charge in [-0.1, -0.05) is 352 Å². The van der Waals surface area contributed by atoms with Gasteiger partial charge in [0.25, 0.3) is 0 Å². The lowest BCUT2D eigenvalue weighted by Gasteiger charge is -2.14. The minimum absolute atomic E-state index is 0.566. The Balaban J connectivity index is 0.000000109. The summed E-state index contributed by atoms with van der Waals surface area (Å²) in [4.78, 5) is 45.5. The van der Waals surface area contributed by atoms with E-state index in [1.807, 2.05) is 72.8 Å². The van der Waals surface area contributed by atoms with Gasteiger partial charge >= 0.3 is 0 Å². The largest absolute Gasteiger partial charge is 0.309 e. The van der Waals surface area contributed by atoms with Crippen LogP contribution in [0.15, 0.2) is 437 Å².